The lowest BCUT2D eigenvalue weighted by atomic mass is 10.1. The Morgan fingerprint density at radius 3 is 2.27 bits per heavy atom. The molecule has 7 heteroatoms. The number of benzene rings is 3. The number of hydrogen-bond donors (Lipinski definition) is 0. The highest BCUT2D eigenvalue weighted by molar-refractivity contribution is 6.38. The molecule has 1 aliphatic rings. The molecule has 0 saturated heterocycles. The van der Waals surface area contributed by atoms with Crippen molar-refractivity contribution in [3.63, 3.8) is 0 Å². The first-order valence-electron chi connectivity index (χ1n) is 8.97. The van der Waals surface area contributed by atoms with E-state index in [1.54, 1.807) is 47.4 Å². The van der Waals surface area contributed by atoms with Gasteiger partial charge in [0.05, 0.1) is 21.3 Å². The van der Waals surface area contributed by atoms with Gasteiger partial charge in [0, 0.05) is 22.7 Å². The number of halogens is 2. The minimum absolute atomic E-state index is 0.00927. The predicted octanol–water partition coefficient (Wildman–Crippen LogP) is 6.37. The van der Waals surface area contributed by atoms with Crippen molar-refractivity contribution < 1.29 is 9.72 Å². The Morgan fingerprint density at radius 2 is 1.63 bits per heavy atom. The Hall–Kier alpha value is -3.41. The van der Waals surface area contributed by atoms with Gasteiger partial charge in [-0.05, 0) is 53.6 Å². The Balaban J connectivity index is 1.80. The van der Waals surface area contributed by atoms with Gasteiger partial charge >= 0.3 is 0 Å². The minimum atomic E-state index is -0.463. The zero-order valence-electron chi connectivity index (χ0n) is 15.5. The zero-order chi connectivity index (χ0) is 21.3. The predicted molar refractivity (Wildman–Crippen MR) is 119 cm³/mol. The van der Waals surface area contributed by atoms with Gasteiger partial charge in [-0.25, -0.2) is 0 Å². The van der Waals surface area contributed by atoms with Crippen LogP contribution >= 0.6 is 23.2 Å². The Labute approximate surface area is 182 Å². The molecule has 30 heavy (non-hydrogen) atoms. The van der Waals surface area contributed by atoms with Gasteiger partial charge < -0.3 is 0 Å². The van der Waals surface area contributed by atoms with E-state index in [-0.39, 0.29) is 11.6 Å². The Bertz CT molecular complexity index is 1200. The number of nitro benzene ring substituents is 1. The number of anilines is 1. The fraction of sp³-hybridized carbons (Fsp3) is 0. The van der Waals surface area contributed by atoms with Crippen LogP contribution in [-0.4, -0.2) is 10.8 Å². The molecule has 0 N–H and O–H groups in total. The van der Waals surface area contributed by atoms with E-state index in [0.29, 0.717) is 32.6 Å². The summed E-state index contributed by atoms with van der Waals surface area (Å²) in [6, 6.07) is 20.5. The standard InChI is InChI=1S/C23H14Cl2N2O3/c24-18-8-11-21(20(25)14-18)26-22(16-4-2-1-3-5-16)13-17(23(26)28)12-15-6-9-19(10-7-15)27(29)30/h1-14H. The molecule has 1 amide bonds. The molecule has 4 rings (SSSR count). The van der Waals surface area contributed by atoms with Crippen molar-refractivity contribution in [2.24, 2.45) is 0 Å². The topological polar surface area (TPSA) is 63.4 Å². The molecular weight excluding hydrogens is 423 g/mol. The van der Waals surface area contributed by atoms with Gasteiger partial charge in [0.15, 0.2) is 0 Å². The second-order valence-corrected chi connectivity index (χ2v) is 7.42. The number of carbonyl (C=O) groups excluding carboxylic acids is 1. The third-order valence-electron chi connectivity index (χ3n) is 4.63. The highest BCUT2D eigenvalue weighted by Gasteiger charge is 2.31. The summed E-state index contributed by atoms with van der Waals surface area (Å²) in [4.78, 5) is 25.3. The second-order valence-electron chi connectivity index (χ2n) is 6.58. The third kappa shape index (κ3) is 3.85. The molecule has 3 aromatic rings. The van der Waals surface area contributed by atoms with Gasteiger partial charge in [0.2, 0.25) is 0 Å². The lowest BCUT2D eigenvalue weighted by molar-refractivity contribution is -0.384. The molecule has 0 aromatic heterocycles. The van der Waals surface area contributed by atoms with Crippen molar-refractivity contribution in [2.75, 3.05) is 4.90 Å². The van der Waals surface area contributed by atoms with Crippen LogP contribution in [0, 0.1) is 10.1 Å². The number of hydrogen-bond acceptors (Lipinski definition) is 3. The normalized spacial score (nSPS) is 14.9. The lowest BCUT2D eigenvalue weighted by Crippen LogP contribution is -2.25. The maximum absolute atomic E-state index is 13.3. The van der Waals surface area contributed by atoms with E-state index in [2.05, 4.69) is 0 Å². The van der Waals surface area contributed by atoms with Crippen molar-refractivity contribution in [2.45, 2.75) is 0 Å². The summed E-state index contributed by atoms with van der Waals surface area (Å²) in [7, 11) is 0. The average Bonchev–Trinajstić information content (AvgIpc) is 3.05. The SMILES string of the molecule is O=C1C(=Cc2ccc([N+](=O)[O-])cc2)C=C(c2ccccc2)N1c1ccc(Cl)cc1Cl. The summed E-state index contributed by atoms with van der Waals surface area (Å²) in [5.41, 5.74) is 3.16. The fourth-order valence-electron chi connectivity index (χ4n) is 3.21. The van der Waals surface area contributed by atoms with E-state index in [0.717, 1.165) is 5.56 Å². The Morgan fingerprint density at radius 1 is 0.933 bits per heavy atom. The van der Waals surface area contributed by atoms with Crippen LogP contribution in [0.1, 0.15) is 11.1 Å². The number of nitro groups is 1. The van der Waals surface area contributed by atoms with Crippen LogP contribution in [0.4, 0.5) is 11.4 Å². The second kappa shape index (κ2) is 8.14. The van der Waals surface area contributed by atoms with Gasteiger partial charge in [-0.15, -0.1) is 0 Å². The van der Waals surface area contributed by atoms with E-state index in [9.17, 15) is 14.9 Å². The molecule has 0 unspecified atom stereocenters. The molecule has 1 heterocycles. The smallest absolute Gasteiger partial charge is 0.269 e. The first-order valence-corrected chi connectivity index (χ1v) is 9.72. The van der Waals surface area contributed by atoms with E-state index >= 15 is 0 Å². The van der Waals surface area contributed by atoms with Gasteiger partial charge in [-0.3, -0.25) is 19.8 Å². The molecule has 0 spiro atoms. The quantitative estimate of drug-likeness (QED) is 0.271. The minimum Gasteiger partial charge on any atom is -0.275 e. The highest BCUT2D eigenvalue weighted by atomic mass is 35.5. The highest BCUT2D eigenvalue weighted by Crippen LogP contribution is 2.39. The average molecular weight is 437 g/mol. The summed E-state index contributed by atoms with van der Waals surface area (Å²) in [5, 5.41) is 11.7. The zero-order valence-corrected chi connectivity index (χ0v) is 17.0. The van der Waals surface area contributed by atoms with E-state index in [1.165, 1.54) is 12.1 Å². The molecular formula is C23H14Cl2N2O3. The number of amides is 1. The number of nitrogens with zero attached hydrogens (tertiary/aromatic N) is 2. The fourth-order valence-corrected chi connectivity index (χ4v) is 3.70. The van der Waals surface area contributed by atoms with Crippen molar-refractivity contribution in [1.82, 2.24) is 0 Å². The summed E-state index contributed by atoms with van der Waals surface area (Å²) in [5.74, 6) is -0.253. The maximum Gasteiger partial charge on any atom is 0.269 e. The van der Waals surface area contributed by atoms with Crippen molar-refractivity contribution in [1.29, 1.82) is 0 Å². The number of rotatable bonds is 4. The monoisotopic (exact) mass is 436 g/mol. The molecule has 1 aliphatic heterocycles. The summed E-state index contributed by atoms with van der Waals surface area (Å²) >= 11 is 12.4. The van der Waals surface area contributed by atoms with Crippen LogP contribution in [0.15, 0.2) is 84.4 Å². The van der Waals surface area contributed by atoms with Crippen LogP contribution in [0.3, 0.4) is 0 Å². The van der Waals surface area contributed by atoms with Crippen molar-refractivity contribution >= 4 is 52.3 Å². The molecule has 0 aliphatic carbocycles. The first kappa shape index (κ1) is 19.9. The summed E-state index contributed by atoms with van der Waals surface area (Å²) in [6.45, 7) is 0. The largest absolute Gasteiger partial charge is 0.275 e. The van der Waals surface area contributed by atoms with Crippen molar-refractivity contribution in [3.05, 3.63) is 116 Å². The maximum atomic E-state index is 13.3. The molecule has 3 aromatic carbocycles. The van der Waals surface area contributed by atoms with Crippen LogP contribution < -0.4 is 4.90 Å². The van der Waals surface area contributed by atoms with Crippen molar-refractivity contribution in [3.8, 4) is 0 Å². The summed E-state index contributed by atoms with van der Waals surface area (Å²) < 4.78 is 0. The first-order chi connectivity index (χ1) is 14.4. The molecule has 0 radical (unpaired) electrons. The van der Waals surface area contributed by atoms with Gasteiger partial charge in [-0.1, -0.05) is 53.5 Å². The lowest BCUT2D eigenvalue weighted by Gasteiger charge is -2.22. The van der Waals surface area contributed by atoms with Crippen LogP contribution in [0.5, 0.6) is 0 Å². The van der Waals surface area contributed by atoms with E-state index < -0.39 is 4.92 Å². The van der Waals surface area contributed by atoms with Gasteiger partial charge in [-0.2, -0.15) is 0 Å². The molecule has 0 fully saturated rings. The molecule has 0 atom stereocenters. The van der Waals surface area contributed by atoms with Crippen LogP contribution in [0.25, 0.3) is 11.8 Å². The molecule has 148 valence electrons. The number of non-ortho nitro benzene ring substituents is 1. The molecule has 0 saturated carbocycles. The molecule has 5 nitrogen and oxygen atoms in total. The van der Waals surface area contributed by atoms with Crippen LogP contribution in [-0.2, 0) is 4.79 Å². The third-order valence-corrected chi connectivity index (χ3v) is 5.17. The van der Waals surface area contributed by atoms with Gasteiger partial charge in [0.25, 0.3) is 11.6 Å². The van der Waals surface area contributed by atoms with E-state index in [1.807, 2.05) is 30.3 Å². The molecule has 0 bridgehead atoms. The Kier molecular flexibility index (Phi) is 5.40. The summed E-state index contributed by atoms with van der Waals surface area (Å²) in [6.07, 6.45) is 3.48. The van der Waals surface area contributed by atoms with Crippen LogP contribution in [0.2, 0.25) is 10.0 Å². The van der Waals surface area contributed by atoms with Gasteiger partial charge in [0.1, 0.15) is 0 Å². The number of carbonyl (C=O) groups is 1. The van der Waals surface area contributed by atoms with E-state index in [4.69, 9.17) is 23.2 Å².